The second-order valence-electron chi connectivity index (χ2n) is 4.16. The molecule has 0 aliphatic rings. The Labute approximate surface area is 117 Å². The minimum absolute atomic E-state index is 0.271. The van der Waals surface area contributed by atoms with E-state index >= 15 is 0 Å². The van der Waals surface area contributed by atoms with E-state index in [-0.39, 0.29) is 5.82 Å². The Morgan fingerprint density at radius 2 is 1.94 bits per heavy atom. The number of halogens is 2. The first kappa shape index (κ1) is 15.3. The van der Waals surface area contributed by atoms with E-state index in [1.807, 2.05) is 11.8 Å². The molecule has 3 nitrogen and oxygen atoms in total. The van der Waals surface area contributed by atoms with Gasteiger partial charge < -0.3 is 4.90 Å². The third kappa shape index (κ3) is 3.40. The molecule has 0 amide bonds. The van der Waals surface area contributed by atoms with E-state index in [1.165, 1.54) is 6.33 Å². The standard InChI is InChI=1S/C13H21BrFN3/c1-4-10(5-2)18(8-7-14)13-12(15)11(6-3)16-9-17-13/h9-10H,4-8H2,1-3H3. The highest BCUT2D eigenvalue weighted by Crippen LogP contribution is 2.23. The highest BCUT2D eigenvalue weighted by Gasteiger charge is 2.21. The molecule has 102 valence electrons. The SMILES string of the molecule is CCc1ncnc(N(CCBr)C(CC)CC)c1F. The zero-order valence-electron chi connectivity index (χ0n) is 11.3. The van der Waals surface area contributed by atoms with Crippen LogP contribution in [0, 0.1) is 5.82 Å². The summed E-state index contributed by atoms with van der Waals surface area (Å²) in [6.07, 6.45) is 4.01. The highest BCUT2D eigenvalue weighted by molar-refractivity contribution is 9.09. The first-order valence-electron chi connectivity index (χ1n) is 6.51. The fourth-order valence-corrected chi connectivity index (χ4v) is 2.51. The number of anilines is 1. The summed E-state index contributed by atoms with van der Waals surface area (Å²) in [7, 11) is 0. The Kier molecular flexibility index (Phi) is 6.54. The zero-order valence-corrected chi connectivity index (χ0v) is 12.9. The number of aryl methyl sites for hydroxylation is 1. The Morgan fingerprint density at radius 3 is 2.44 bits per heavy atom. The minimum Gasteiger partial charge on any atom is -0.350 e. The molecule has 1 aromatic heterocycles. The predicted molar refractivity (Wildman–Crippen MR) is 76.9 cm³/mol. The molecule has 0 aliphatic heterocycles. The summed E-state index contributed by atoms with van der Waals surface area (Å²) >= 11 is 3.43. The number of hydrogen-bond donors (Lipinski definition) is 0. The summed E-state index contributed by atoms with van der Waals surface area (Å²) < 4.78 is 14.3. The van der Waals surface area contributed by atoms with Crippen LogP contribution in [0.15, 0.2) is 6.33 Å². The number of hydrogen-bond acceptors (Lipinski definition) is 3. The summed E-state index contributed by atoms with van der Waals surface area (Å²) in [5, 5.41) is 0.800. The third-order valence-corrected chi connectivity index (χ3v) is 3.51. The van der Waals surface area contributed by atoms with Gasteiger partial charge in [-0.3, -0.25) is 0 Å². The molecule has 0 fully saturated rings. The molecule has 18 heavy (non-hydrogen) atoms. The van der Waals surface area contributed by atoms with Crippen LogP contribution in [0.4, 0.5) is 10.2 Å². The van der Waals surface area contributed by atoms with Crippen LogP contribution in [0.3, 0.4) is 0 Å². The number of rotatable bonds is 7. The summed E-state index contributed by atoms with van der Waals surface area (Å²) in [5.74, 6) is 0.169. The first-order chi connectivity index (χ1) is 8.69. The van der Waals surface area contributed by atoms with Crippen molar-refractivity contribution in [3.8, 4) is 0 Å². The predicted octanol–water partition coefficient (Wildman–Crippen LogP) is 3.57. The molecule has 5 heteroatoms. The molecule has 0 atom stereocenters. The van der Waals surface area contributed by atoms with Gasteiger partial charge in [0.05, 0.1) is 5.69 Å². The van der Waals surface area contributed by atoms with Crippen molar-refractivity contribution >= 4 is 21.7 Å². The van der Waals surface area contributed by atoms with Crippen LogP contribution in [-0.4, -0.2) is 27.9 Å². The van der Waals surface area contributed by atoms with Crippen molar-refractivity contribution in [1.29, 1.82) is 0 Å². The summed E-state index contributed by atoms with van der Waals surface area (Å²) in [6.45, 7) is 6.90. The first-order valence-corrected chi connectivity index (χ1v) is 7.63. The van der Waals surface area contributed by atoms with Gasteiger partial charge in [0, 0.05) is 17.9 Å². The molecular weight excluding hydrogens is 297 g/mol. The quantitative estimate of drug-likeness (QED) is 0.720. The van der Waals surface area contributed by atoms with E-state index in [2.05, 4.69) is 39.7 Å². The minimum atomic E-state index is -0.271. The monoisotopic (exact) mass is 317 g/mol. The maximum atomic E-state index is 14.3. The van der Waals surface area contributed by atoms with Crippen LogP contribution < -0.4 is 4.90 Å². The van der Waals surface area contributed by atoms with Gasteiger partial charge in [0.2, 0.25) is 0 Å². The van der Waals surface area contributed by atoms with E-state index in [9.17, 15) is 4.39 Å². The lowest BCUT2D eigenvalue weighted by molar-refractivity contribution is 0.530. The number of nitrogens with zero attached hydrogens (tertiary/aromatic N) is 3. The molecule has 0 spiro atoms. The van der Waals surface area contributed by atoms with Gasteiger partial charge in [-0.25, -0.2) is 14.4 Å². The van der Waals surface area contributed by atoms with Crippen molar-refractivity contribution in [2.75, 3.05) is 16.8 Å². The molecule has 1 aromatic rings. The van der Waals surface area contributed by atoms with Gasteiger partial charge in [-0.2, -0.15) is 0 Å². The average Bonchev–Trinajstić information content (AvgIpc) is 2.39. The van der Waals surface area contributed by atoms with E-state index in [0.29, 0.717) is 24.0 Å². The second kappa shape index (κ2) is 7.67. The molecule has 0 N–H and O–H groups in total. The molecule has 1 heterocycles. The second-order valence-corrected chi connectivity index (χ2v) is 4.96. The van der Waals surface area contributed by atoms with Gasteiger partial charge in [0.25, 0.3) is 0 Å². The fourth-order valence-electron chi connectivity index (χ4n) is 2.12. The normalized spacial score (nSPS) is 11.0. The molecule has 1 rings (SSSR count). The van der Waals surface area contributed by atoms with Gasteiger partial charge in [0.1, 0.15) is 6.33 Å². The molecule has 0 saturated carbocycles. The van der Waals surface area contributed by atoms with Gasteiger partial charge in [-0.15, -0.1) is 0 Å². The Morgan fingerprint density at radius 1 is 1.28 bits per heavy atom. The van der Waals surface area contributed by atoms with Crippen LogP contribution in [0.5, 0.6) is 0 Å². The lowest BCUT2D eigenvalue weighted by Crippen LogP contribution is -2.37. The van der Waals surface area contributed by atoms with Crippen molar-refractivity contribution < 1.29 is 4.39 Å². The topological polar surface area (TPSA) is 29.0 Å². The van der Waals surface area contributed by atoms with Crippen molar-refractivity contribution in [1.82, 2.24) is 9.97 Å². The molecule has 0 unspecified atom stereocenters. The Bertz CT molecular complexity index is 369. The zero-order chi connectivity index (χ0) is 13.5. The van der Waals surface area contributed by atoms with Crippen molar-refractivity contribution in [2.24, 2.45) is 0 Å². The van der Waals surface area contributed by atoms with Crippen molar-refractivity contribution in [3.63, 3.8) is 0 Å². The van der Waals surface area contributed by atoms with E-state index in [4.69, 9.17) is 0 Å². The molecule has 0 saturated heterocycles. The average molecular weight is 318 g/mol. The third-order valence-electron chi connectivity index (χ3n) is 3.16. The summed E-state index contributed by atoms with van der Waals surface area (Å²) in [4.78, 5) is 10.2. The largest absolute Gasteiger partial charge is 0.350 e. The van der Waals surface area contributed by atoms with Crippen LogP contribution in [0.1, 0.15) is 39.3 Å². The number of aromatic nitrogens is 2. The lowest BCUT2D eigenvalue weighted by Gasteiger charge is -2.31. The maximum absolute atomic E-state index is 14.3. The Balaban J connectivity index is 3.12. The molecular formula is C13H21BrFN3. The van der Waals surface area contributed by atoms with Gasteiger partial charge in [-0.1, -0.05) is 36.7 Å². The Hall–Kier alpha value is -0.710. The molecule has 0 bridgehead atoms. The van der Waals surface area contributed by atoms with Crippen molar-refractivity contribution in [2.45, 2.75) is 46.1 Å². The lowest BCUT2D eigenvalue weighted by atomic mass is 10.1. The van der Waals surface area contributed by atoms with Crippen LogP contribution >= 0.6 is 15.9 Å². The molecule has 0 radical (unpaired) electrons. The van der Waals surface area contributed by atoms with Crippen LogP contribution in [0.25, 0.3) is 0 Å². The summed E-state index contributed by atoms with van der Waals surface area (Å²) in [5.41, 5.74) is 0.491. The maximum Gasteiger partial charge on any atom is 0.187 e. The van der Waals surface area contributed by atoms with Crippen LogP contribution in [0.2, 0.25) is 0 Å². The molecule has 0 aliphatic carbocycles. The fraction of sp³-hybridized carbons (Fsp3) is 0.692. The van der Waals surface area contributed by atoms with Gasteiger partial charge in [0.15, 0.2) is 11.6 Å². The van der Waals surface area contributed by atoms with E-state index in [0.717, 1.165) is 24.7 Å². The van der Waals surface area contributed by atoms with Crippen molar-refractivity contribution in [3.05, 3.63) is 17.8 Å². The highest BCUT2D eigenvalue weighted by atomic mass is 79.9. The molecule has 0 aromatic carbocycles. The summed E-state index contributed by atoms with van der Waals surface area (Å²) in [6, 6.07) is 0.316. The van der Waals surface area contributed by atoms with Gasteiger partial charge >= 0.3 is 0 Å². The number of alkyl halides is 1. The smallest absolute Gasteiger partial charge is 0.187 e. The van der Waals surface area contributed by atoms with Crippen LogP contribution in [-0.2, 0) is 6.42 Å². The van der Waals surface area contributed by atoms with Gasteiger partial charge in [-0.05, 0) is 19.3 Å². The van der Waals surface area contributed by atoms with E-state index < -0.39 is 0 Å². The van der Waals surface area contributed by atoms with E-state index in [1.54, 1.807) is 0 Å².